The number of aryl methyl sites for hydroxylation is 1. The topological polar surface area (TPSA) is 58.1 Å². The van der Waals surface area contributed by atoms with Gasteiger partial charge in [0, 0.05) is 51.7 Å². The van der Waals surface area contributed by atoms with E-state index in [1.165, 1.54) is 36.8 Å². The predicted molar refractivity (Wildman–Crippen MR) is 174 cm³/mol. The van der Waals surface area contributed by atoms with E-state index in [4.69, 9.17) is 9.47 Å². The van der Waals surface area contributed by atoms with Gasteiger partial charge in [-0.25, -0.2) is 0 Å². The van der Waals surface area contributed by atoms with E-state index >= 15 is 0 Å². The Morgan fingerprint density at radius 2 is 1.66 bits per heavy atom. The van der Waals surface area contributed by atoms with Crippen molar-refractivity contribution in [2.45, 2.75) is 57.9 Å². The summed E-state index contributed by atoms with van der Waals surface area (Å²) in [4.78, 5) is 25.3. The van der Waals surface area contributed by atoms with Crippen molar-refractivity contribution in [1.29, 1.82) is 0 Å². The second-order valence-electron chi connectivity index (χ2n) is 12.9. The van der Waals surface area contributed by atoms with E-state index < -0.39 is 0 Å². The molecule has 0 N–H and O–H groups in total. The number of rotatable bonds is 7. The van der Waals surface area contributed by atoms with E-state index in [1.807, 2.05) is 42.7 Å². The lowest BCUT2D eigenvalue weighted by molar-refractivity contribution is 0.0358. The van der Waals surface area contributed by atoms with E-state index in [0.717, 1.165) is 83.8 Å². The first kappa shape index (κ1) is 30.6. The summed E-state index contributed by atoms with van der Waals surface area (Å²) in [7, 11) is 0. The number of aromatic nitrogens is 1. The largest absolute Gasteiger partial charge is 0.492 e. The predicted octanol–water partition coefficient (Wildman–Crippen LogP) is 6.09. The zero-order valence-electron chi connectivity index (χ0n) is 26.2. The molecule has 7 nitrogen and oxygen atoms in total. The molecule has 7 heteroatoms. The Labute approximate surface area is 263 Å². The summed E-state index contributed by atoms with van der Waals surface area (Å²) in [6.45, 7) is 8.77. The Hall–Kier alpha value is -3.42. The average molecular weight is 597 g/mol. The fourth-order valence-electron chi connectivity index (χ4n) is 7.29. The lowest BCUT2D eigenvalue weighted by atomic mass is 9.73. The molecule has 0 bridgehead atoms. The van der Waals surface area contributed by atoms with Crippen molar-refractivity contribution in [3.8, 4) is 11.5 Å². The summed E-state index contributed by atoms with van der Waals surface area (Å²) >= 11 is 0. The normalized spacial score (nSPS) is 19.9. The summed E-state index contributed by atoms with van der Waals surface area (Å²) in [5.74, 6) is 1.84. The van der Waals surface area contributed by atoms with Crippen LogP contribution in [0.5, 0.6) is 11.5 Å². The summed E-state index contributed by atoms with van der Waals surface area (Å²) in [6, 6.07) is 20.5. The van der Waals surface area contributed by atoms with Crippen molar-refractivity contribution in [3.05, 3.63) is 89.7 Å². The number of hydrogen-bond donors (Lipinski definition) is 0. The minimum absolute atomic E-state index is 0.0991. The number of benzene rings is 2. The van der Waals surface area contributed by atoms with Gasteiger partial charge in [-0.05, 0) is 98.8 Å². The Morgan fingerprint density at radius 3 is 2.50 bits per heavy atom. The monoisotopic (exact) mass is 596 g/mol. The molecule has 3 aliphatic rings. The van der Waals surface area contributed by atoms with Crippen molar-refractivity contribution in [1.82, 2.24) is 19.7 Å². The van der Waals surface area contributed by atoms with Crippen molar-refractivity contribution in [3.63, 3.8) is 0 Å². The number of likely N-dealkylation sites (tertiary alicyclic amines) is 2. The van der Waals surface area contributed by atoms with Gasteiger partial charge < -0.3 is 14.4 Å². The Bertz CT molecular complexity index is 1340. The van der Waals surface area contributed by atoms with E-state index in [2.05, 4.69) is 50.0 Å². The number of pyridine rings is 1. The van der Waals surface area contributed by atoms with E-state index in [9.17, 15) is 4.79 Å². The van der Waals surface area contributed by atoms with Crippen LogP contribution in [0.2, 0.25) is 0 Å². The van der Waals surface area contributed by atoms with Gasteiger partial charge in [0.1, 0.15) is 24.7 Å². The minimum Gasteiger partial charge on any atom is -0.492 e. The highest BCUT2D eigenvalue weighted by Crippen LogP contribution is 2.39. The lowest BCUT2D eigenvalue weighted by Crippen LogP contribution is -2.48. The molecule has 3 aliphatic heterocycles. The third-order valence-electron chi connectivity index (χ3n) is 9.82. The van der Waals surface area contributed by atoms with Gasteiger partial charge in [0.05, 0.1) is 5.56 Å². The van der Waals surface area contributed by atoms with Crippen LogP contribution in [0.3, 0.4) is 0 Å². The molecular formula is C37H48N4O3. The van der Waals surface area contributed by atoms with Crippen LogP contribution in [-0.2, 0) is 13.0 Å². The number of para-hydroxylation sites is 2. The smallest absolute Gasteiger partial charge is 0.257 e. The van der Waals surface area contributed by atoms with Crippen LogP contribution < -0.4 is 9.47 Å². The fourth-order valence-corrected chi connectivity index (χ4v) is 7.29. The first-order valence-corrected chi connectivity index (χ1v) is 16.7. The van der Waals surface area contributed by atoms with Crippen molar-refractivity contribution < 1.29 is 14.3 Å². The maximum atomic E-state index is 13.8. The maximum Gasteiger partial charge on any atom is 0.257 e. The summed E-state index contributed by atoms with van der Waals surface area (Å²) in [5, 5.41) is 0. The van der Waals surface area contributed by atoms with Gasteiger partial charge in [-0.2, -0.15) is 0 Å². The molecule has 2 aromatic carbocycles. The first-order chi connectivity index (χ1) is 21.7. The zero-order chi connectivity index (χ0) is 30.0. The maximum absolute atomic E-state index is 13.8. The average Bonchev–Trinajstić information content (AvgIpc) is 3.58. The van der Waals surface area contributed by atoms with Gasteiger partial charge in [0.2, 0.25) is 0 Å². The molecule has 3 aromatic rings. The van der Waals surface area contributed by atoms with Gasteiger partial charge >= 0.3 is 0 Å². The molecular weight excluding hydrogens is 548 g/mol. The molecule has 2 fully saturated rings. The molecule has 1 amide bonds. The van der Waals surface area contributed by atoms with Crippen LogP contribution in [-0.4, -0.2) is 84.6 Å². The van der Waals surface area contributed by atoms with Gasteiger partial charge in [-0.15, -0.1) is 0 Å². The Kier molecular flexibility index (Phi) is 10.5. The van der Waals surface area contributed by atoms with E-state index in [1.54, 1.807) is 0 Å². The number of carbonyl (C=O) groups excluding carboxylic acids is 1. The van der Waals surface area contributed by atoms with Crippen LogP contribution >= 0.6 is 0 Å². The van der Waals surface area contributed by atoms with Crippen LogP contribution in [0.25, 0.3) is 0 Å². The van der Waals surface area contributed by atoms with Gasteiger partial charge in [-0.1, -0.05) is 42.8 Å². The zero-order valence-corrected chi connectivity index (χ0v) is 26.2. The van der Waals surface area contributed by atoms with Gasteiger partial charge in [0.25, 0.3) is 5.91 Å². The molecule has 6 rings (SSSR count). The van der Waals surface area contributed by atoms with Crippen LogP contribution in [0.1, 0.15) is 66.4 Å². The molecule has 1 spiro atoms. The SMILES string of the molecule is O=C(c1ccccc1OCCN1CCCC1)N1CCC2(CCCCc3ccccc3OCCN(Cc3cccnc3)C2)CC1. The standard InChI is InChI=1S/C37H48N4O3/c42-36(33-13-2-4-15-35(33)44-26-24-39-20-7-8-21-39)41-22-17-37(18-23-41)16-6-5-12-32-11-1-3-14-34(32)43-27-25-40(30-37)29-31-10-9-19-38-28-31/h1-4,9-11,13-15,19,28H,5-8,12,16-18,20-27,29-30H2. The van der Waals surface area contributed by atoms with Crippen LogP contribution in [0, 0.1) is 5.41 Å². The number of ether oxygens (including phenoxy) is 2. The summed E-state index contributed by atoms with van der Waals surface area (Å²) in [5.41, 5.74) is 3.40. The number of carbonyl (C=O) groups is 1. The third kappa shape index (κ3) is 7.99. The van der Waals surface area contributed by atoms with Crippen molar-refractivity contribution >= 4 is 5.91 Å². The molecule has 0 radical (unpaired) electrons. The Morgan fingerprint density at radius 1 is 0.841 bits per heavy atom. The quantitative estimate of drug-likeness (QED) is 0.329. The van der Waals surface area contributed by atoms with E-state index in [-0.39, 0.29) is 11.3 Å². The molecule has 0 aliphatic carbocycles. The molecule has 4 heterocycles. The molecule has 44 heavy (non-hydrogen) atoms. The molecule has 2 saturated heterocycles. The van der Waals surface area contributed by atoms with Crippen molar-refractivity contribution in [2.24, 2.45) is 5.41 Å². The molecule has 0 atom stereocenters. The number of fused-ring (bicyclic) bond motifs is 1. The first-order valence-electron chi connectivity index (χ1n) is 16.7. The highest BCUT2D eigenvalue weighted by Gasteiger charge is 2.38. The lowest BCUT2D eigenvalue weighted by Gasteiger charge is -2.45. The minimum atomic E-state index is 0.0991. The second kappa shape index (κ2) is 15.0. The highest BCUT2D eigenvalue weighted by atomic mass is 16.5. The second-order valence-corrected chi connectivity index (χ2v) is 12.9. The molecule has 1 aromatic heterocycles. The van der Waals surface area contributed by atoms with Gasteiger partial charge in [0.15, 0.2) is 0 Å². The highest BCUT2D eigenvalue weighted by molar-refractivity contribution is 5.97. The molecule has 0 unspecified atom stereocenters. The number of hydrogen-bond acceptors (Lipinski definition) is 6. The van der Waals surface area contributed by atoms with Crippen LogP contribution in [0.15, 0.2) is 73.1 Å². The molecule has 0 saturated carbocycles. The van der Waals surface area contributed by atoms with Gasteiger partial charge in [-0.3, -0.25) is 19.6 Å². The van der Waals surface area contributed by atoms with Crippen LogP contribution in [0.4, 0.5) is 0 Å². The molecule has 234 valence electrons. The number of amides is 1. The number of piperidine rings is 1. The fraction of sp³-hybridized carbons (Fsp3) is 0.514. The van der Waals surface area contributed by atoms with E-state index in [0.29, 0.717) is 24.5 Å². The third-order valence-corrected chi connectivity index (χ3v) is 9.82. The Balaban J connectivity index is 1.13. The number of nitrogens with zero attached hydrogens (tertiary/aromatic N) is 4. The van der Waals surface area contributed by atoms with Crippen molar-refractivity contribution in [2.75, 3.05) is 59.0 Å². The summed E-state index contributed by atoms with van der Waals surface area (Å²) in [6.07, 6.45) is 12.9. The summed E-state index contributed by atoms with van der Waals surface area (Å²) < 4.78 is 12.5.